The van der Waals surface area contributed by atoms with Crippen molar-refractivity contribution in [2.75, 3.05) is 16.4 Å². The van der Waals surface area contributed by atoms with Crippen molar-refractivity contribution in [1.29, 1.82) is 0 Å². The van der Waals surface area contributed by atoms with Crippen molar-refractivity contribution in [2.45, 2.75) is 32.8 Å². The zero-order chi connectivity index (χ0) is 20.9. The third-order valence-electron chi connectivity index (χ3n) is 3.36. The number of nitrogens with one attached hydrogen (secondary N) is 2. The Bertz CT molecular complexity index is 814. The van der Waals surface area contributed by atoms with Gasteiger partial charge in [-0.15, -0.1) is 6.58 Å². The topological polar surface area (TPSA) is 62.4 Å². The molecule has 1 unspecified atom stereocenters. The van der Waals surface area contributed by atoms with Gasteiger partial charge in [0, 0.05) is 23.6 Å². The summed E-state index contributed by atoms with van der Waals surface area (Å²) in [4.78, 5) is 4.31. The summed E-state index contributed by atoms with van der Waals surface area (Å²) in [6.45, 7) is 9.57. The second-order valence-corrected chi connectivity index (χ2v) is 6.94. The minimum atomic E-state index is -0.374. The van der Waals surface area contributed by atoms with Crippen LogP contribution in [0.3, 0.4) is 0 Å². The van der Waals surface area contributed by atoms with Crippen LogP contribution < -0.4 is 16.4 Å². The average molecular weight is 419 g/mol. The lowest BCUT2D eigenvalue weighted by Gasteiger charge is -2.13. The van der Waals surface area contributed by atoms with Crippen molar-refractivity contribution in [3.63, 3.8) is 0 Å². The fraction of sp³-hybridized carbons (Fsp3) is 0.227. The molecule has 0 saturated carbocycles. The highest BCUT2D eigenvalue weighted by Crippen LogP contribution is 2.19. The molecule has 0 radical (unpaired) electrons. The van der Waals surface area contributed by atoms with Crippen molar-refractivity contribution in [3.8, 4) is 0 Å². The van der Waals surface area contributed by atoms with E-state index in [1.165, 1.54) is 0 Å². The number of hydrogen-bond donors (Lipinski definition) is 3. The monoisotopic (exact) mass is 418 g/mol. The third-order valence-corrected chi connectivity index (χ3v) is 3.85. The third kappa shape index (κ3) is 8.98. The van der Waals surface area contributed by atoms with Crippen LogP contribution in [0, 0.1) is 0 Å². The van der Waals surface area contributed by atoms with Gasteiger partial charge in [-0.25, -0.2) is 4.99 Å². The van der Waals surface area contributed by atoms with Gasteiger partial charge in [0.05, 0.1) is 5.03 Å². The Balaban J connectivity index is 0.00000122. The maximum absolute atomic E-state index is 6.20. The van der Waals surface area contributed by atoms with Crippen LogP contribution in [0.2, 0.25) is 0 Å². The standard InChI is InChI=1S/C19H22Cl2N4.C3H6/c1-3-18(21)19(24-13(2)20)25-17-9-5-8-16(11-17)23-12-14-6-4-7-15(22)10-14;1-3-2/h3-11,13,23H,12,22H2,1-2H3,(H,24,25);3H,1H2,2H3/b18-3+;. The SMILES string of the molecule is C/C=C(Cl)\C(=N/C(C)Cl)Nc1cccc(NCc2cccc(N)c2)c1.C=CC. The molecular formula is C22H28Cl2N4. The van der Waals surface area contributed by atoms with Gasteiger partial charge in [0.25, 0.3) is 0 Å². The number of rotatable bonds is 6. The number of anilines is 3. The van der Waals surface area contributed by atoms with E-state index in [1.807, 2.05) is 62.4 Å². The van der Waals surface area contributed by atoms with Crippen LogP contribution in [0.4, 0.5) is 17.1 Å². The van der Waals surface area contributed by atoms with E-state index < -0.39 is 0 Å². The molecule has 0 saturated heterocycles. The van der Waals surface area contributed by atoms with E-state index in [0.29, 0.717) is 17.4 Å². The maximum atomic E-state index is 6.20. The Hall–Kier alpha value is -2.43. The van der Waals surface area contributed by atoms with Gasteiger partial charge >= 0.3 is 0 Å². The van der Waals surface area contributed by atoms with E-state index in [1.54, 1.807) is 19.1 Å². The first kappa shape index (κ1) is 23.6. The summed E-state index contributed by atoms with van der Waals surface area (Å²) in [6.07, 6.45) is 3.52. The quantitative estimate of drug-likeness (QED) is 0.123. The Labute approximate surface area is 178 Å². The number of nitrogens with two attached hydrogens (primary N) is 1. The molecule has 0 aliphatic rings. The largest absolute Gasteiger partial charge is 0.399 e. The molecule has 28 heavy (non-hydrogen) atoms. The number of aliphatic imine (C=N–C) groups is 1. The number of nitrogen functional groups attached to an aromatic ring is 1. The Morgan fingerprint density at radius 2 is 1.82 bits per heavy atom. The number of hydrogen-bond acceptors (Lipinski definition) is 3. The van der Waals surface area contributed by atoms with Gasteiger partial charge in [0.15, 0.2) is 0 Å². The van der Waals surface area contributed by atoms with E-state index in [2.05, 4.69) is 22.2 Å². The molecule has 1 atom stereocenters. The highest BCUT2D eigenvalue weighted by Gasteiger charge is 2.07. The second-order valence-electron chi connectivity index (χ2n) is 5.90. The van der Waals surface area contributed by atoms with Crippen LogP contribution >= 0.6 is 23.2 Å². The highest BCUT2D eigenvalue weighted by molar-refractivity contribution is 6.45. The van der Waals surface area contributed by atoms with Crippen molar-refractivity contribution in [2.24, 2.45) is 4.99 Å². The van der Waals surface area contributed by atoms with Crippen LogP contribution in [0.25, 0.3) is 0 Å². The van der Waals surface area contributed by atoms with Crippen molar-refractivity contribution >= 4 is 46.1 Å². The van der Waals surface area contributed by atoms with Gasteiger partial charge in [-0.3, -0.25) is 0 Å². The Morgan fingerprint density at radius 1 is 1.18 bits per heavy atom. The summed E-state index contributed by atoms with van der Waals surface area (Å²) in [5, 5.41) is 7.11. The van der Waals surface area contributed by atoms with Crippen LogP contribution in [-0.4, -0.2) is 11.3 Å². The van der Waals surface area contributed by atoms with Crippen LogP contribution in [0.15, 0.2) is 77.3 Å². The molecule has 0 bridgehead atoms. The van der Waals surface area contributed by atoms with Crippen LogP contribution in [0.1, 0.15) is 26.3 Å². The Morgan fingerprint density at radius 3 is 2.43 bits per heavy atom. The smallest absolute Gasteiger partial charge is 0.145 e. The summed E-state index contributed by atoms with van der Waals surface area (Å²) in [5.41, 5.74) is 9.15. The van der Waals surface area contributed by atoms with Gasteiger partial charge in [-0.1, -0.05) is 53.6 Å². The van der Waals surface area contributed by atoms with E-state index in [-0.39, 0.29) is 5.50 Å². The lowest BCUT2D eigenvalue weighted by Crippen LogP contribution is -2.14. The lowest BCUT2D eigenvalue weighted by atomic mass is 10.2. The predicted octanol–water partition coefficient (Wildman–Crippen LogP) is 6.61. The minimum Gasteiger partial charge on any atom is -0.399 e. The second kappa shape index (κ2) is 12.9. The summed E-state index contributed by atoms with van der Waals surface area (Å²) in [5.74, 6) is 0.541. The van der Waals surface area contributed by atoms with Crippen molar-refractivity contribution in [1.82, 2.24) is 0 Å². The molecule has 0 heterocycles. The number of benzene rings is 2. The number of nitrogens with zero attached hydrogens (tertiary/aromatic N) is 1. The zero-order valence-corrected chi connectivity index (χ0v) is 18.1. The average Bonchev–Trinajstić information content (AvgIpc) is 2.66. The molecule has 2 rings (SSSR count). The van der Waals surface area contributed by atoms with E-state index >= 15 is 0 Å². The minimum absolute atomic E-state index is 0.374. The molecule has 4 N–H and O–H groups in total. The molecule has 2 aromatic carbocycles. The van der Waals surface area contributed by atoms with E-state index in [4.69, 9.17) is 28.9 Å². The molecule has 0 amide bonds. The van der Waals surface area contributed by atoms with Crippen molar-refractivity contribution in [3.05, 3.63) is 77.9 Å². The molecular weight excluding hydrogens is 391 g/mol. The highest BCUT2D eigenvalue weighted by atomic mass is 35.5. The molecule has 2 aromatic rings. The number of amidine groups is 1. The first-order valence-electron chi connectivity index (χ1n) is 8.96. The molecule has 0 aromatic heterocycles. The first-order valence-corrected chi connectivity index (χ1v) is 9.77. The van der Waals surface area contributed by atoms with Crippen LogP contribution in [0.5, 0.6) is 0 Å². The molecule has 6 heteroatoms. The molecule has 0 fully saturated rings. The molecule has 0 spiro atoms. The molecule has 0 aliphatic heterocycles. The summed E-state index contributed by atoms with van der Waals surface area (Å²) >= 11 is 12.2. The van der Waals surface area contributed by atoms with Crippen LogP contribution in [-0.2, 0) is 6.54 Å². The Kier molecular flexibility index (Phi) is 10.8. The van der Waals surface area contributed by atoms with Gasteiger partial charge in [0.1, 0.15) is 11.3 Å². The van der Waals surface area contributed by atoms with Crippen molar-refractivity contribution < 1.29 is 0 Å². The molecule has 150 valence electrons. The fourth-order valence-corrected chi connectivity index (χ4v) is 2.41. The van der Waals surface area contributed by atoms with E-state index in [0.717, 1.165) is 22.6 Å². The van der Waals surface area contributed by atoms with E-state index in [9.17, 15) is 0 Å². The lowest BCUT2D eigenvalue weighted by molar-refractivity contribution is 1.03. The molecule has 4 nitrogen and oxygen atoms in total. The van der Waals surface area contributed by atoms with Gasteiger partial charge in [0.2, 0.25) is 0 Å². The first-order chi connectivity index (χ1) is 13.4. The fourth-order valence-electron chi connectivity index (χ4n) is 2.22. The summed E-state index contributed by atoms with van der Waals surface area (Å²) < 4.78 is 0. The van der Waals surface area contributed by atoms with Gasteiger partial charge in [-0.2, -0.15) is 0 Å². The summed E-state index contributed by atoms with van der Waals surface area (Å²) in [7, 11) is 0. The van der Waals surface area contributed by atoms with Gasteiger partial charge in [-0.05, 0) is 56.7 Å². The van der Waals surface area contributed by atoms with Gasteiger partial charge < -0.3 is 16.4 Å². The predicted molar refractivity (Wildman–Crippen MR) is 126 cm³/mol. The molecule has 0 aliphatic carbocycles. The normalized spacial score (nSPS) is 12.5. The number of halogens is 2. The number of alkyl halides is 1. The zero-order valence-electron chi connectivity index (χ0n) is 16.5. The number of allylic oxidation sites excluding steroid dienone is 2. The maximum Gasteiger partial charge on any atom is 0.145 e. The summed E-state index contributed by atoms with van der Waals surface area (Å²) in [6, 6.07) is 15.7.